The van der Waals surface area contributed by atoms with Crippen LogP contribution in [-0.2, 0) is 22.4 Å². The highest BCUT2D eigenvalue weighted by Crippen LogP contribution is 2.30. The van der Waals surface area contributed by atoms with Gasteiger partial charge in [-0.05, 0) is 31.0 Å². The van der Waals surface area contributed by atoms with Gasteiger partial charge in [0.1, 0.15) is 18.8 Å². The zero-order valence-electron chi connectivity index (χ0n) is 15.7. The SMILES string of the molecule is CC(O)C#Cc1ccc2c(c1)CCn1c-2cc(OC[C@@H]2COCCO2)nc1=O. The van der Waals surface area contributed by atoms with E-state index >= 15 is 0 Å². The molecule has 0 aliphatic carbocycles. The van der Waals surface area contributed by atoms with Crippen LogP contribution in [0.25, 0.3) is 11.3 Å². The van der Waals surface area contributed by atoms with Crippen LogP contribution < -0.4 is 10.4 Å². The number of fused-ring (bicyclic) bond motifs is 3. The maximum atomic E-state index is 12.5. The lowest BCUT2D eigenvalue weighted by Crippen LogP contribution is -2.34. The van der Waals surface area contributed by atoms with Gasteiger partial charge >= 0.3 is 5.69 Å². The van der Waals surface area contributed by atoms with Crippen molar-refractivity contribution in [1.82, 2.24) is 9.55 Å². The van der Waals surface area contributed by atoms with Gasteiger partial charge in [-0.3, -0.25) is 4.57 Å². The van der Waals surface area contributed by atoms with Gasteiger partial charge in [-0.1, -0.05) is 17.9 Å². The second-order valence-corrected chi connectivity index (χ2v) is 6.86. The summed E-state index contributed by atoms with van der Waals surface area (Å²) in [4.78, 5) is 16.5. The van der Waals surface area contributed by atoms with Crippen molar-refractivity contribution < 1.29 is 19.3 Å². The van der Waals surface area contributed by atoms with Crippen LogP contribution in [0.1, 0.15) is 18.1 Å². The maximum Gasteiger partial charge on any atom is 0.351 e. The number of nitrogens with zero attached hydrogens (tertiary/aromatic N) is 2. The summed E-state index contributed by atoms with van der Waals surface area (Å²) < 4.78 is 18.3. The summed E-state index contributed by atoms with van der Waals surface area (Å²) in [5.41, 5.74) is 3.38. The van der Waals surface area contributed by atoms with Crippen LogP contribution in [0.2, 0.25) is 0 Å². The van der Waals surface area contributed by atoms with Gasteiger partial charge in [-0.15, -0.1) is 0 Å². The number of hydrogen-bond acceptors (Lipinski definition) is 6. The summed E-state index contributed by atoms with van der Waals surface area (Å²) in [5.74, 6) is 6.01. The first-order valence-electron chi connectivity index (χ1n) is 9.37. The molecular formula is C21H22N2O5. The van der Waals surface area contributed by atoms with Crippen LogP contribution in [0.15, 0.2) is 29.1 Å². The molecule has 2 atom stereocenters. The second-order valence-electron chi connectivity index (χ2n) is 6.86. The molecule has 0 radical (unpaired) electrons. The van der Waals surface area contributed by atoms with Gasteiger partial charge in [-0.25, -0.2) is 4.79 Å². The van der Waals surface area contributed by atoms with Crippen LogP contribution in [0.4, 0.5) is 0 Å². The summed E-state index contributed by atoms with van der Waals surface area (Å²) in [6.07, 6.45) is -0.0991. The van der Waals surface area contributed by atoms with Crippen LogP contribution in [0.3, 0.4) is 0 Å². The summed E-state index contributed by atoms with van der Waals surface area (Å²) >= 11 is 0. The average Bonchev–Trinajstić information content (AvgIpc) is 2.71. The Morgan fingerprint density at radius 3 is 3.07 bits per heavy atom. The quantitative estimate of drug-likeness (QED) is 0.798. The molecule has 0 spiro atoms. The van der Waals surface area contributed by atoms with E-state index in [4.69, 9.17) is 14.2 Å². The Morgan fingerprint density at radius 2 is 2.29 bits per heavy atom. The van der Waals surface area contributed by atoms with E-state index in [1.165, 1.54) is 0 Å². The van der Waals surface area contributed by atoms with Crippen molar-refractivity contribution >= 4 is 0 Å². The first kappa shape index (κ1) is 18.7. The van der Waals surface area contributed by atoms with E-state index in [-0.39, 0.29) is 24.3 Å². The zero-order chi connectivity index (χ0) is 19.5. The van der Waals surface area contributed by atoms with Gasteiger partial charge in [0.25, 0.3) is 0 Å². The number of ether oxygens (including phenoxy) is 3. The molecule has 7 heteroatoms. The van der Waals surface area contributed by atoms with Gasteiger partial charge < -0.3 is 19.3 Å². The van der Waals surface area contributed by atoms with Crippen molar-refractivity contribution in [3.63, 3.8) is 0 Å². The molecule has 2 aliphatic heterocycles. The Labute approximate surface area is 162 Å². The van der Waals surface area contributed by atoms with Crippen molar-refractivity contribution in [2.75, 3.05) is 26.4 Å². The smallest absolute Gasteiger partial charge is 0.351 e. The minimum absolute atomic E-state index is 0.156. The fourth-order valence-corrected chi connectivity index (χ4v) is 3.36. The van der Waals surface area contributed by atoms with Crippen LogP contribution in [0.5, 0.6) is 5.88 Å². The van der Waals surface area contributed by atoms with Crippen molar-refractivity contribution in [3.8, 4) is 29.0 Å². The predicted molar refractivity (Wildman–Crippen MR) is 102 cm³/mol. The number of aromatic nitrogens is 2. The third-order valence-electron chi connectivity index (χ3n) is 4.70. The lowest BCUT2D eigenvalue weighted by molar-refractivity contribution is -0.102. The monoisotopic (exact) mass is 382 g/mol. The Balaban J connectivity index is 1.60. The highest BCUT2D eigenvalue weighted by Gasteiger charge is 2.20. The Bertz CT molecular complexity index is 981. The Hall–Kier alpha value is -2.66. The normalized spacial score (nSPS) is 19.0. The fourth-order valence-electron chi connectivity index (χ4n) is 3.36. The van der Waals surface area contributed by atoms with Crippen molar-refractivity contribution in [2.45, 2.75) is 32.1 Å². The standard InChI is InChI=1S/C21H22N2O5/c1-14(24)2-3-15-4-5-18-16(10-15)6-7-23-19(18)11-20(22-21(23)25)28-13-17-12-26-8-9-27-17/h4-5,10-11,14,17,24H,6-9,12-13H2,1H3/t14?,17-/m0/s1. The van der Waals surface area contributed by atoms with Gasteiger partial charge in [-0.2, -0.15) is 4.98 Å². The molecule has 28 heavy (non-hydrogen) atoms. The number of benzene rings is 1. The molecule has 1 aromatic carbocycles. The van der Waals surface area contributed by atoms with Crippen molar-refractivity contribution in [3.05, 3.63) is 45.9 Å². The topological polar surface area (TPSA) is 82.8 Å². The average molecular weight is 382 g/mol. The van der Waals surface area contributed by atoms with Crippen LogP contribution >= 0.6 is 0 Å². The molecule has 146 valence electrons. The number of aliphatic hydroxyl groups excluding tert-OH is 1. The minimum atomic E-state index is -0.667. The summed E-state index contributed by atoms with van der Waals surface area (Å²) in [7, 11) is 0. The summed E-state index contributed by atoms with van der Waals surface area (Å²) in [6, 6.07) is 7.65. The molecule has 2 aliphatic rings. The molecule has 0 bridgehead atoms. The first-order valence-corrected chi connectivity index (χ1v) is 9.37. The van der Waals surface area contributed by atoms with E-state index in [1.807, 2.05) is 18.2 Å². The number of rotatable bonds is 3. The van der Waals surface area contributed by atoms with E-state index in [0.29, 0.717) is 26.4 Å². The highest BCUT2D eigenvalue weighted by molar-refractivity contribution is 5.67. The molecule has 7 nitrogen and oxygen atoms in total. The van der Waals surface area contributed by atoms with E-state index in [9.17, 15) is 9.90 Å². The van der Waals surface area contributed by atoms with E-state index in [1.54, 1.807) is 17.6 Å². The fraction of sp³-hybridized carbons (Fsp3) is 0.429. The number of aliphatic hydroxyl groups is 1. The number of aryl methyl sites for hydroxylation is 1. The Kier molecular flexibility index (Phi) is 5.44. The number of hydrogen-bond donors (Lipinski definition) is 1. The largest absolute Gasteiger partial charge is 0.475 e. The molecular weight excluding hydrogens is 360 g/mol. The summed E-state index contributed by atoms with van der Waals surface area (Å²) in [5, 5.41) is 9.34. The van der Waals surface area contributed by atoms with Gasteiger partial charge in [0.2, 0.25) is 5.88 Å². The third-order valence-corrected chi connectivity index (χ3v) is 4.70. The molecule has 1 saturated heterocycles. The van der Waals surface area contributed by atoms with Crippen molar-refractivity contribution in [1.29, 1.82) is 0 Å². The molecule has 0 amide bonds. The predicted octanol–water partition coefficient (Wildman–Crippen LogP) is 0.993. The molecule has 1 unspecified atom stereocenters. The lowest BCUT2D eigenvalue weighted by atomic mass is 9.95. The molecule has 2 aromatic rings. The lowest BCUT2D eigenvalue weighted by Gasteiger charge is -2.24. The summed E-state index contributed by atoms with van der Waals surface area (Å²) in [6.45, 7) is 4.09. The molecule has 0 saturated carbocycles. The van der Waals surface area contributed by atoms with Crippen LogP contribution in [0, 0.1) is 11.8 Å². The minimum Gasteiger partial charge on any atom is -0.475 e. The molecule has 1 N–H and O–H groups in total. The molecule has 4 rings (SSSR count). The van der Waals surface area contributed by atoms with E-state index < -0.39 is 6.10 Å². The first-order chi connectivity index (χ1) is 13.6. The molecule has 3 heterocycles. The zero-order valence-corrected chi connectivity index (χ0v) is 15.7. The Morgan fingerprint density at radius 1 is 1.39 bits per heavy atom. The molecule has 1 fully saturated rings. The van der Waals surface area contributed by atoms with Gasteiger partial charge in [0.05, 0.1) is 25.5 Å². The maximum absolute atomic E-state index is 12.5. The van der Waals surface area contributed by atoms with Crippen LogP contribution in [-0.4, -0.2) is 53.3 Å². The molecule has 1 aromatic heterocycles. The highest BCUT2D eigenvalue weighted by atomic mass is 16.6. The van der Waals surface area contributed by atoms with E-state index in [0.717, 1.165) is 28.8 Å². The third kappa shape index (κ3) is 4.09. The van der Waals surface area contributed by atoms with Crippen molar-refractivity contribution in [2.24, 2.45) is 0 Å². The second kappa shape index (κ2) is 8.15. The van der Waals surface area contributed by atoms with Gasteiger partial charge in [0, 0.05) is 23.7 Å². The van der Waals surface area contributed by atoms with E-state index in [2.05, 4.69) is 16.8 Å². The van der Waals surface area contributed by atoms with Gasteiger partial charge in [0.15, 0.2) is 0 Å².